The molecule has 178 valence electrons. The van der Waals surface area contributed by atoms with Crippen LogP contribution in [0.2, 0.25) is 0 Å². The number of rotatable bonds is 5. The number of carboxylic acid groups (broad SMARTS) is 1. The Morgan fingerprint density at radius 2 is 1.15 bits per heavy atom. The van der Waals surface area contributed by atoms with Gasteiger partial charge in [-0.05, 0) is 128 Å². The third-order valence-electron chi connectivity index (χ3n) is 11.3. The molecule has 33 heavy (non-hydrogen) atoms. The van der Waals surface area contributed by atoms with Gasteiger partial charge in [-0.15, -0.1) is 11.8 Å². The lowest BCUT2D eigenvalue weighted by atomic mass is 9.71. The Labute approximate surface area is 202 Å². The van der Waals surface area contributed by atoms with Crippen molar-refractivity contribution < 1.29 is 15.0 Å². The minimum absolute atomic E-state index is 0.161. The summed E-state index contributed by atoms with van der Waals surface area (Å²) >= 11 is 1.83. The maximum absolute atomic E-state index is 12.9. The van der Waals surface area contributed by atoms with Crippen molar-refractivity contribution >= 4 is 17.7 Å². The molecule has 4 heteroatoms. The Bertz CT molecular complexity index is 1000. The van der Waals surface area contributed by atoms with Crippen LogP contribution in [0.3, 0.4) is 0 Å². The van der Waals surface area contributed by atoms with Crippen molar-refractivity contribution in [2.75, 3.05) is 6.26 Å². The van der Waals surface area contributed by atoms with Crippen molar-refractivity contribution in [3.63, 3.8) is 0 Å². The number of thioether (sulfide) groups is 1. The lowest BCUT2D eigenvalue weighted by molar-refractivity contribution is 0.0690. The normalized spacial score (nSPS) is 42.6. The molecule has 6 bridgehead atoms. The SMILES string of the molecule is CSc1c(C2CC3CCC2C3)c(O)c(C(=O)O)c(C2CC3CCC2C3)c1C1CC2CCC1C2. The van der Waals surface area contributed by atoms with Gasteiger partial charge in [0.05, 0.1) is 0 Å². The molecule has 6 fully saturated rings. The number of aromatic carboxylic acids is 1. The summed E-state index contributed by atoms with van der Waals surface area (Å²) in [5.74, 6) is 4.83. The van der Waals surface area contributed by atoms with E-state index in [0.717, 1.165) is 47.6 Å². The molecule has 0 aliphatic heterocycles. The van der Waals surface area contributed by atoms with Crippen LogP contribution in [0.15, 0.2) is 4.90 Å². The van der Waals surface area contributed by atoms with Crippen LogP contribution in [-0.2, 0) is 0 Å². The van der Waals surface area contributed by atoms with Crippen molar-refractivity contribution in [2.45, 2.75) is 99.7 Å². The van der Waals surface area contributed by atoms with E-state index in [1.54, 1.807) is 0 Å². The van der Waals surface area contributed by atoms with Gasteiger partial charge in [0.2, 0.25) is 0 Å². The second kappa shape index (κ2) is 7.67. The molecule has 0 saturated heterocycles. The van der Waals surface area contributed by atoms with E-state index in [2.05, 4.69) is 6.26 Å². The summed E-state index contributed by atoms with van der Waals surface area (Å²) in [6.07, 6.45) is 17.4. The number of aromatic hydroxyl groups is 1. The molecule has 6 saturated carbocycles. The van der Waals surface area contributed by atoms with Gasteiger partial charge in [0.1, 0.15) is 11.3 Å². The first-order valence-corrected chi connectivity index (χ1v) is 15.0. The largest absolute Gasteiger partial charge is 0.507 e. The minimum Gasteiger partial charge on any atom is -0.507 e. The summed E-state index contributed by atoms with van der Waals surface area (Å²) in [7, 11) is 0. The summed E-state index contributed by atoms with van der Waals surface area (Å²) < 4.78 is 0. The van der Waals surface area contributed by atoms with Crippen molar-refractivity contribution in [1.82, 2.24) is 0 Å². The molecule has 1 aromatic carbocycles. The van der Waals surface area contributed by atoms with Crippen LogP contribution >= 0.6 is 11.8 Å². The molecule has 0 amide bonds. The van der Waals surface area contributed by atoms with Crippen LogP contribution in [0.5, 0.6) is 5.75 Å². The maximum atomic E-state index is 12.9. The van der Waals surface area contributed by atoms with Gasteiger partial charge in [0.25, 0.3) is 0 Å². The third-order valence-corrected chi connectivity index (χ3v) is 12.1. The number of hydrogen-bond donors (Lipinski definition) is 2. The summed E-state index contributed by atoms with van der Waals surface area (Å²) in [5.41, 5.74) is 3.89. The van der Waals surface area contributed by atoms with E-state index >= 15 is 0 Å². The fourth-order valence-corrected chi connectivity index (χ4v) is 11.0. The summed E-state index contributed by atoms with van der Waals surface area (Å²) in [5, 5.41) is 22.3. The fourth-order valence-electron chi connectivity index (χ4n) is 10.1. The minimum atomic E-state index is -0.883. The van der Waals surface area contributed by atoms with Crippen molar-refractivity contribution in [3.8, 4) is 5.75 Å². The highest BCUT2D eigenvalue weighted by Gasteiger charge is 2.50. The Kier molecular flexibility index (Phi) is 4.91. The zero-order valence-electron chi connectivity index (χ0n) is 19.9. The molecule has 7 rings (SSSR count). The number of hydrogen-bond acceptors (Lipinski definition) is 3. The lowest BCUT2D eigenvalue weighted by Crippen LogP contribution is -2.23. The number of carbonyl (C=O) groups is 1. The van der Waals surface area contributed by atoms with Crippen molar-refractivity contribution in [1.29, 1.82) is 0 Å². The molecule has 0 heterocycles. The van der Waals surface area contributed by atoms with Gasteiger partial charge in [-0.25, -0.2) is 4.79 Å². The Hall–Kier alpha value is -1.16. The lowest BCUT2D eigenvalue weighted by Gasteiger charge is -2.36. The standard InChI is InChI=1S/C29H38O3S/c1-33-28-24(21-12-15-3-6-18(21)9-15)23(20-11-14-2-5-17(20)8-14)26(29(31)32)27(30)25(28)22-13-16-4-7-19(22)10-16/h14-22,30H,2-13H2,1H3,(H,31,32). The Balaban J connectivity index is 1.47. The van der Waals surface area contributed by atoms with Crippen LogP contribution in [0, 0.1) is 35.5 Å². The Morgan fingerprint density at radius 3 is 1.52 bits per heavy atom. The van der Waals surface area contributed by atoms with Crippen LogP contribution in [0.25, 0.3) is 0 Å². The molecule has 6 aliphatic rings. The first-order chi connectivity index (χ1) is 16.0. The number of benzene rings is 1. The molecule has 1 aromatic rings. The first kappa shape index (κ1) is 21.1. The number of fused-ring (bicyclic) bond motifs is 6. The molecule has 0 spiro atoms. The predicted molar refractivity (Wildman–Crippen MR) is 131 cm³/mol. The zero-order valence-corrected chi connectivity index (χ0v) is 20.7. The summed E-state index contributed by atoms with van der Waals surface area (Å²) in [6.45, 7) is 0. The second-order valence-corrected chi connectivity index (χ2v) is 13.5. The van der Waals surface area contributed by atoms with Crippen molar-refractivity contribution in [3.05, 3.63) is 22.3 Å². The predicted octanol–water partition coefficient (Wildman–Crippen LogP) is 7.52. The van der Waals surface area contributed by atoms with Crippen LogP contribution in [0.1, 0.15) is 122 Å². The molecule has 2 N–H and O–H groups in total. The average Bonchev–Trinajstić information content (AvgIpc) is 3.65. The maximum Gasteiger partial charge on any atom is 0.339 e. The molecule has 9 atom stereocenters. The zero-order chi connectivity index (χ0) is 22.4. The monoisotopic (exact) mass is 466 g/mol. The van der Waals surface area contributed by atoms with E-state index in [0.29, 0.717) is 35.2 Å². The first-order valence-electron chi connectivity index (χ1n) is 13.7. The molecule has 0 radical (unpaired) electrons. The van der Waals surface area contributed by atoms with Gasteiger partial charge in [-0.1, -0.05) is 19.3 Å². The van der Waals surface area contributed by atoms with Crippen LogP contribution < -0.4 is 0 Å². The van der Waals surface area contributed by atoms with Crippen LogP contribution in [-0.4, -0.2) is 22.4 Å². The summed E-state index contributed by atoms with van der Waals surface area (Å²) in [4.78, 5) is 14.2. The second-order valence-electron chi connectivity index (χ2n) is 12.6. The highest BCUT2D eigenvalue weighted by atomic mass is 32.2. The van der Waals surface area contributed by atoms with Gasteiger partial charge in [0.15, 0.2) is 0 Å². The van der Waals surface area contributed by atoms with E-state index in [9.17, 15) is 15.0 Å². The van der Waals surface area contributed by atoms with E-state index in [-0.39, 0.29) is 5.75 Å². The highest BCUT2D eigenvalue weighted by Crippen LogP contribution is 2.64. The smallest absolute Gasteiger partial charge is 0.339 e. The van der Waals surface area contributed by atoms with E-state index in [4.69, 9.17) is 0 Å². The van der Waals surface area contributed by atoms with Gasteiger partial charge < -0.3 is 10.2 Å². The quantitative estimate of drug-likeness (QED) is 0.441. The highest BCUT2D eigenvalue weighted by molar-refractivity contribution is 7.98. The van der Waals surface area contributed by atoms with Crippen molar-refractivity contribution in [2.24, 2.45) is 35.5 Å². The topological polar surface area (TPSA) is 57.5 Å². The number of phenols is 1. The van der Waals surface area contributed by atoms with E-state index in [1.807, 2.05) is 11.8 Å². The Morgan fingerprint density at radius 1 is 0.697 bits per heavy atom. The fraction of sp³-hybridized carbons (Fsp3) is 0.759. The molecular weight excluding hydrogens is 428 g/mol. The third kappa shape index (κ3) is 3.04. The molecule has 9 unspecified atom stereocenters. The van der Waals surface area contributed by atoms with Gasteiger partial charge in [-0.2, -0.15) is 0 Å². The molecule has 3 nitrogen and oxygen atoms in total. The average molecular weight is 467 g/mol. The molecule has 0 aromatic heterocycles. The molecular formula is C29H38O3S. The van der Waals surface area contributed by atoms with Gasteiger partial charge >= 0.3 is 5.97 Å². The van der Waals surface area contributed by atoms with Gasteiger partial charge in [0, 0.05) is 10.5 Å². The summed E-state index contributed by atoms with van der Waals surface area (Å²) in [6, 6.07) is 0. The van der Waals surface area contributed by atoms with Crippen LogP contribution in [0.4, 0.5) is 0 Å². The van der Waals surface area contributed by atoms with Gasteiger partial charge in [-0.3, -0.25) is 0 Å². The van der Waals surface area contributed by atoms with E-state index < -0.39 is 5.97 Å². The number of carboxylic acids is 1. The molecule has 6 aliphatic carbocycles. The van der Waals surface area contributed by atoms with E-state index in [1.165, 1.54) is 74.7 Å².